The summed E-state index contributed by atoms with van der Waals surface area (Å²) in [6.45, 7) is 1.48. The third kappa shape index (κ3) is 1.68. The summed E-state index contributed by atoms with van der Waals surface area (Å²) in [5.41, 5.74) is 0. The first-order valence-electron chi connectivity index (χ1n) is 2.84. The minimum absolute atomic E-state index is 0.115. The van der Waals surface area contributed by atoms with Crippen LogP contribution in [0.4, 0.5) is 0 Å². The Bertz CT molecular complexity index is 149. The molecule has 0 aromatic carbocycles. The van der Waals surface area contributed by atoms with Crippen molar-refractivity contribution in [3.8, 4) is 10.8 Å². The Balaban J connectivity index is 2.46. The van der Waals surface area contributed by atoms with Crippen molar-refractivity contribution in [1.82, 2.24) is 5.32 Å². The van der Waals surface area contributed by atoms with Crippen molar-refractivity contribution in [1.29, 1.82) is 0 Å². The fourth-order valence-corrected chi connectivity index (χ4v) is 1.18. The molecule has 0 aromatic heterocycles. The lowest BCUT2D eigenvalue weighted by Gasteiger charge is -2.02. The summed E-state index contributed by atoms with van der Waals surface area (Å²) in [5.74, 6) is 2.96. The van der Waals surface area contributed by atoms with Crippen LogP contribution in [0.25, 0.3) is 0 Å². The molecule has 1 heterocycles. The van der Waals surface area contributed by atoms with E-state index >= 15 is 0 Å². The Labute approximate surface area is 62.8 Å². The van der Waals surface area contributed by atoms with Crippen molar-refractivity contribution in [2.24, 2.45) is 5.92 Å². The Hall–Kier alpha value is -0.0400. The smallest absolute Gasteiger partial charge is 0.0814 e. The number of nitrogens with one attached hydrogen (secondary N) is 1. The topological polar surface area (TPSA) is 32.3 Å². The average Bonchev–Trinajstić information content (AvgIpc) is 2.18. The molecule has 0 radical (unpaired) electrons. The largest absolute Gasteiger partial charge is 0.390 e. The van der Waals surface area contributed by atoms with E-state index in [1.54, 1.807) is 0 Å². The molecule has 0 saturated carbocycles. The van der Waals surface area contributed by atoms with Crippen molar-refractivity contribution < 1.29 is 5.11 Å². The highest BCUT2D eigenvalue weighted by Gasteiger charge is 2.22. The molecule has 2 unspecified atom stereocenters. The number of halogens is 1. The molecule has 1 aliphatic rings. The summed E-state index contributed by atoms with van der Waals surface area (Å²) in [4.78, 5) is 2.60. The maximum atomic E-state index is 9.13. The van der Waals surface area contributed by atoms with Crippen LogP contribution < -0.4 is 5.32 Å². The van der Waals surface area contributed by atoms with Crippen molar-refractivity contribution in [3.05, 3.63) is 0 Å². The second-order valence-electron chi connectivity index (χ2n) is 2.07. The standard InChI is InChI=1S/C6H8BrNO/c7-2-1-5-3-8-4-6(5)9/h5-6,8-9H,3-4H2. The monoisotopic (exact) mass is 189 g/mol. The van der Waals surface area contributed by atoms with E-state index < -0.39 is 0 Å². The van der Waals surface area contributed by atoms with E-state index in [-0.39, 0.29) is 12.0 Å². The SMILES string of the molecule is OC1CNCC1C#CBr. The van der Waals surface area contributed by atoms with Gasteiger partial charge in [-0.05, 0) is 4.83 Å². The van der Waals surface area contributed by atoms with Crippen LogP contribution in [0.15, 0.2) is 0 Å². The number of hydrogen-bond acceptors (Lipinski definition) is 2. The van der Waals surface area contributed by atoms with Gasteiger partial charge in [0, 0.05) is 29.0 Å². The zero-order valence-electron chi connectivity index (χ0n) is 4.89. The van der Waals surface area contributed by atoms with Crippen LogP contribution >= 0.6 is 15.9 Å². The molecule has 1 rings (SSSR count). The molecule has 1 fully saturated rings. The van der Waals surface area contributed by atoms with Gasteiger partial charge in [-0.15, -0.1) is 0 Å². The third-order valence-corrected chi connectivity index (χ3v) is 1.65. The minimum atomic E-state index is -0.282. The Morgan fingerprint density at radius 2 is 2.33 bits per heavy atom. The lowest BCUT2D eigenvalue weighted by molar-refractivity contribution is 0.171. The van der Waals surface area contributed by atoms with Crippen LogP contribution in [0.5, 0.6) is 0 Å². The predicted molar refractivity (Wildman–Crippen MR) is 39.1 cm³/mol. The maximum absolute atomic E-state index is 9.13. The van der Waals surface area contributed by atoms with Gasteiger partial charge in [0.1, 0.15) is 0 Å². The van der Waals surface area contributed by atoms with Gasteiger partial charge in [-0.2, -0.15) is 0 Å². The van der Waals surface area contributed by atoms with E-state index in [9.17, 15) is 0 Å². The van der Waals surface area contributed by atoms with Crippen LogP contribution in [0.2, 0.25) is 0 Å². The molecule has 0 aliphatic carbocycles. The van der Waals surface area contributed by atoms with Crippen molar-refractivity contribution in [3.63, 3.8) is 0 Å². The third-order valence-electron chi connectivity index (χ3n) is 1.42. The molecular formula is C6H8BrNO. The molecule has 1 saturated heterocycles. The zero-order valence-corrected chi connectivity index (χ0v) is 6.48. The van der Waals surface area contributed by atoms with E-state index in [4.69, 9.17) is 5.11 Å². The molecule has 50 valence electrons. The van der Waals surface area contributed by atoms with Crippen molar-refractivity contribution in [2.45, 2.75) is 6.10 Å². The summed E-state index contributed by atoms with van der Waals surface area (Å²) in [6.07, 6.45) is -0.282. The van der Waals surface area contributed by atoms with Gasteiger partial charge >= 0.3 is 0 Å². The number of β-amino-alcohol motifs (C(OH)–C–C–N with tert-alkyl or cyclic N) is 1. The molecule has 9 heavy (non-hydrogen) atoms. The number of aliphatic hydroxyl groups is 1. The van der Waals surface area contributed by atoms with Crippen molar-refractivity contribution >= 4 is 15.9 Å². The molecule has 2 atom stereocenters. The minimum Gasteiger partial charge on any atom is -0.390 e. The fraction of sp³-hybridized carbons (Fsp3) is 0.667. The van der Waals surface area contributed by atoms with E-state index in [1.807, 2.05) is 0 Å². The summed E-state index contributed by atoms with van der Waals surface area (Å²) >= 11 is 2.99. The summed E-state index contributed by atoms with van der Waals surface area (Å²) < 4.78 is 0. The molecule has 0 bridgehead atoms. The van der Waals surface area contributed by atoms with Crippen LogP contribution in [0, 0.1) is 16.7 Å². The van der Waals surface area contributed by atoms with E-state index in [1.165, 1.54) is 0 Å². The Kier molecular flexibility index (Phi) is 2.52. The number of aliphatic hydroxyl groups excluding tert-OH is 1. The highest BCUT2D eigenvalue weighted by atomic mass is 79.9. The number of hydrogen-bond donors (Lipinski definition) is 2. The second-order valence-corrected chi connectivity index (χ2v) is 2.47. The molecule has 0 amide bonds. The van der Waals surface area contributed by atoms with Gasteiger partial charge in [0.25, 0.3) is 0 Å². The summed E-state index contributed by atoms with van der Waals surface area (Å²) in [6, 6.07) is 0. The van der Waals surface area contributed by atoms with Crippen LogP contribution in [0.3, 0.4) is 0 Å². The van der Waals surface area contributed by atoms with Gasteiger partial charge in [0.15, 0.2) is 0 Å². The van der Waals surface area contributed by atoms with E-state index in [2.05, 4.69) is 32.0 Å². The van der Waals surface area contributed by atoms with Gasteiger partial charge in [0.05, 0.1) is 12.0 Å². The van der Waals surface area contributed by atoms with Gasteiger partial charge in [0.2, 0.25) is 0 Å². The summed E-state index contributed by atoms with van der Waals surface area (Å²) in [7, 11) is 0. The van der Waals surface area contributed by atoms with E-state index in [0.717, 1.165) is 6.54 Å². The van der Waals surface area contributed by atoms with Crippen LogP contribution in [-0.4, -0.2) is 24.3 Å². The van der Waals surface area contributed by atoms with Gasteiger partial charge < -0.3 is 10.4 Å². The molecule has 2 nitrogen and oxygen atoms in total. The molecule has 2 N–H and O–H groups in total. The molecule has 3 heteroatoms. The second kappa shape index (κ2) is 3.21. The predicted octanol–water partition coefficient (Wildman–Crippen LogP) is -0.0775. The fourth-order valence-electron chi connectivity index (χ4n) is 0.882. The lowest BCUT2D eigenvalue weighted by Crippen LogP contribution is -2.15. The van der Waals surface area contributed by atoms with Crippen LogP contribution in [0.1, 0.15) is 0 Å². The Morgan fingerprint density at radius 1 is 1.56 bits per heavy atom. The van der Waals surface area contributed by atoms with Gasteiger partial charge in [-0.3, -0.25) is 0 Å². The highest BCUT2D eigenvalue weighted by molar-refractivity contribution is 9.12. The normalized spacial score (nSPS) is 33.6. The zero-order chi connectivity index (χ0) is 6.69. The lowest BCUT2D eigenvalue weighted by atomic mass is 10.1. The molecule has 1 aliphatic heterocycles. The quantitative estimate of drug-likeness (QED) is 0.523. The average molecular weight is 190 g/mol. The first kappa shape index (κ1) is 7.07. The first-order chi connectivity index (χ1) is 4.34. The Morgan fingerprint density at radius 3 is 2.78 bits per heavy atom. The molecule has 0 spiro atoms. The van der Waals surface area contributed by atoms with Crippen molar-refractivity contribution in [2.75, 3.05) is 13.1 Å². The highest BCUT2D eigenvalue weighted by Crippen LogP contribution is 2.06. The van der Waals surface area contributed by atoms with E-state index in [0.29, 0.717) is 6.54 Å². The number of rotatable bonds is 0. The summed E-state index contributed by atoms with van der Waals surface area (Å²) in [5, 5.41) is 12.2. The van der Waals surface area contributed by atoms with Gasteiger partial charge in [-0.25, -0.2) is 0 Å². The first-order valence-corrected chi connectivity index (χ1v) is 3.64. The maximum Gasteiger partial charge on any atom is 0.0814 e. The van der Waals surface area contributed by atoms with Crippen LogP contribution in [-0.2, 0) is 0 Å². The molecule has 0 aromatic rings. The van der Waals surface area contributed by atoms with Gasteiger partial charge in [-0.1, -0.05) is 5.92 Å². The molecular weight excluding hydrogens is 182 g/mol.